The first-order valence-corrected chi connectivity index (χ1v) is 7.61. The van der Waals surface area contributed by atoms with Crippen LogP contribution < -0.4 is 5.32 Å². The van der Waals surface area contributed by atoms with Crippen molar-refractivity contribution in [2.24, 2.45) is 0 Å². The Morgan fingerprint density at radius 1 is 1.20 bits per heavy atom. The minimum Gasteiger partial charge on any atom is -0.479 e. The van der Waals surface area contributed by atoms with Gasteiger partial charge in [-0.2, -0.15) is 0 Å². The molecule has 20 heavy (non-hydrogen) atoms. The summed E-state index contributed by atoms with van der Waals surface area (Å²) in [5.74, 6) is -0.882. The van der Waals surface area contributed by atoms with E-state index < -0.39 is 11.5 Å². The quantitative estimate of drug-likeness (QED) is 0.793. The summed E-state index contributed by atoms with van der Waals surface area (Å²) in [5, 5.41) is 12.3. The monoisotopic (exact) mass is 283 g/mol. The minimum atomic E-state index is -1.00. The first kappa shape index (κ1) is 15.1. The lowest BCUT2D eigenvalue weighted by atomic mass is 9.93. The molecule has 2 aliphatic rings. The Balaban J connectivity index is 1.85. The molecule has 0 spiro atoms. The number of likely N-dealkylation sites (tertiary alicyclic amines) is 2. The number of aliphatic carboxylic acids is 1. The molecule has 6 heteroatoms. The third-order valence-electron chi connectivity index (χ3n) is 4.62. The zero-order valence-corrected chi connectivity index (χ0v) is 12.2. The zero-order chi connectivity index (χ0) is 14.6. The van der Waals surface area contributed by atoms with Crippen molar-refractivity contribution in [3.05, 3.63) is 0 Å². The number of hydrogen-bond acceptors (Lipinski definition) is 3. The number of carboxylic acid groups (broad SMARTS) is 1. The molecule has 0 aromatic heterocycles. The van der Waals surface area contributed by atoms with E-state index in [4.69, 9.17) is 0 Å². The molecule has 2 heterocycles. The van der Waals surface area contributed by atoms with Crippen molar-refractivity contribution in [3.63, 3.8) is 0 Å². The molecule has 2 saturated heterocycles. The van der Waals surface area contributed by atoms with Gasteiger partial charge in [0, 0.05) is 19.6 Å². The van der Waals surface area contributed by atoms with Crippen LogP contribution in [-0.4, -0.2) is 65.2 Å². The molecule has 0 bridgehead atoms. The van der Waals surface area contributed by atoms with Crippen molar-refractivity contribution < 1.29 is 14.7 Å². The second kappa shape index (κ2) is 6.43. The van der Waals surface area contributed by atoms with Crippen molar-refractivity contribution in [1.82, 2.24) is 15.1 Å². The average molecular weight is 283 g/mol. The second-order valence-electron chi connectivity index (χ2n) is 5.73. The SMILES string of the molecule is CCC1(C(=O)O)CCCN1C(=O)NCCN1CCCC1. The minimum absolute atomic E-state index is 0.231. The van der Waals surface area contributed by atoms with E-state index in [1.807, 2.05) is 6.92 Å². The number of rotatable bonds is 5. The normalized spacial score (nSPS) is 26.9. The number of amides is 2. The van der Waals surface area contributed by atoms with Crippen molar-refractivity contribution >= 4 is 12.0 Å². The van der Waals surface area contributed by atoms with E-state index in [0.29, 0.717) is 25.9 Å². The topological polar surface area (TPSA) is 72.9 Å². The van der Waals surface area contributed by atoms with Gasteiger partial charge in [-0.15, -0.1) is 0 Å². The van der Waals surface area contributed by atoms with Crippen LogP contribution in [0.15, 0.2) is 0 Å². The second-order valence-corrected chi connectivity index (χ2v) is 5.73. The summed E-state index contributed by atoms with van der Waals surface area (Å²) in [7, 11) is 0. The number of carboxylic acids is 1. The van der Waals surface area contributed by atoms with Gasteiger partial charge in [0.1, 0.15) is 5.54 Å². The molecule has 6 nitrogen and oxygen atoms in total. The van der Waals surface area contributed by atoms with Crippen LogP contribution in [0.25, 0.3) is 0 Å². The maximum absolute atomic E-state index is 12.2. The lowest BCUT2D eigenvalue weighted by Crippen LogP contribution is -2.56. The van der Waals surface area contributed by atoms with Gasteiger partial charge in [-0.3, -0.25) is 0 Å². The van der Waals surface area contributed by atoms with Gasteiger partial charge in [0.15, 0.2) is 0 Å². The van der Waals surface area contributed by atoms with Gasteiger partial charge in [0.05, 0.1) is 0 Å². The van der Waals surface area contributed by atoms with Crippen LogP contribution in [0, 0.1) is 0 Å². The maximum Gasteiger partial charge on any atom is 0.329 e. The standard InChI is InChI=1S/C14H25N3O3/c1-2-14(12(18)19)6-5-10-17(14)13(20)15-7-11-16-8-3-4-9-16/h2-11H2,1H3,(H,15,20)(H,18,19). The molecular formula is C14H25N3O3. The maximum atomic E-state index is 12.2. The molecule has 114 valence electrons. The van der Waals surface area contributed by atoms with Crippen molar-refractivity contribution in [3.8, 4) is 0 Å². The highest BCUT2D eigenvalue weighted by atomic mass is 16.4. The van der Waals surface area contributed by atoms with Gasteiger partial charge in [0.25, 0.3) is 0 Å². The Hall–Kier alpha value is -1.30. The van der Waals surface area contributed by atoms with Crippen LogP contribution in [-0.2, 0) is 4.79 Å². The van der Waals surface area contributed by atoms with Crippen LogP contribution in [0.1, 0.15) is 39.0 Å². The zero-order valence-electron chi connectivity index (χ0n) is 12.2. The Morgan fingerprint density at radius 3 is 2.50 bits per heavy atom. The van der Waals surface area contributed by atoms with E-state index in [1.54, 1.807) is 0 Å². The van der Waals surface area contributed by atoms with Crippen LogP contribution >= 0.6 is 0 Å². The van der Waals surface area contributed by atoms with E-state index in [-0.39, 0.29) is 6.03 Å². The summed E-state index contributed by atoms with van der Waals surface area (Å²) in [6.45, 7) is 6.03. The van der Waals surface area contributed by atoms with Crippen molar-refractivity contribution in [2.45, 2.75) is 44.6 Å². The predicted molar refractivity (Wildman–Crippen MR) is 75.7 cm³/mol. The van der Waals surface area contributed by atoms with Crippen LogP contribution in [0.3, 0.4) is 0 Å². The van der Waals surface area contributed by atoms with Crippen LogP contribution in [0.5, 0.6) is 0 Å². The average Bonchev–Trinajstić information content (AvgIpc) is 3.07. The molecule has 0 saturated carbocycles. The third kappa shape index (κ3) is 2.90. The highest BCUT2D eigenvalue weighted by Crippen LogP contribution is 2.32. The molecule has 0 aromatic carbocycles. The molecule has 0 aliphatic carbocycles. The smallest absolute Gasteiger partial charge is 0.329 e. The lowest BCUT2D eigenvalue weighted by molar-refractivity contribution is -0.148. The number of carbonyl (C=O) groups excluding carboxylic acids is 1. The molecule has 0 radical (unpaired) electrons. The number of hydrogen-bond donors (Lipinski definition) is 2. The molecule has 2 fully saturated rings. The number of urea groups is 1. The summed E-state index contributed by atoms with van der Waals surface area (Å²) < 4.78 is 0. The van der Waals surface area contributed by atoms with Crippen molar-refractivity contribution in [1.29, 1.82) is 0 Å². The first-order chi connectivity index (χ1) is 9.60. The van der Waals surface area contributed by atoms with Gasteiger partial charge >= 0.3 is 12.0 Å². The van der Waals surface area contributed by atoms with Gasteiger partial charge in [0.2, 0.25) is 0 Å². The largest absolute Gasteiger partial charge is 0.479 e. The van der Waals surface area contributed by atoms with E-state index in [9.17, 15) is 14.7 Å². The fraction of sp³-hybridized carbons (Fsp3) is 0.857. The van der Waals surface area contributed by atoms with E-state index >= 15 is 0 Å². The van der Waals surface area contributed by atoms with E-state index in [0.717, 1.165) is 26.1 Å². The Bertz CT molecular complexity index is 369. The number of nitrogens with one attached hydrogen (secondary N) is 1. The highest BCUT2D eigenvalue weighted by Gasteiger charge is 2.48. The highest BCUT2D eigenvalue weighted by molar-refractivity contribution is 5.87. The number of carbonyl (C=O) groups is 2. The molecule has 2 amide bonds. The van der Waals surface area contributed by atoms with Crippen molar-refractivity contribution in [2.75, 3.05) is 32.7 Å². The fourth-order valence-corrected chi connectivity index (χ4v) is 3.34. The van der Waals surface area contributed by atoms with Crippen LogP contribution in [0.2, 0.25) is 0 Å². The molecule has 0 aromatic rings. The summed E-state index contributed by atoms with van der Waals surface area (Å²) in [5.41, 5.74) is -1.00. The van der Waals surface area contributed by atoms with Crippen LogP contribution in [0.4, 0.5) is 4.79 Å². The number of nitrogens with zero attached hydrogens (tertiary/aromatic N) is 2. The fourth-order valence-electron chi connectivity index (χ4n) is 3.34. The Labute approximate surface area is 120 Å². The summed E-state index contributed by atoms with van der Waals surface area (Å²) in [6.07, 6.45) is 4.25. The molecule has 2 rings (SSSR count). The van der Waals surface area contributed by atoms with Gasteiger partial charge in [-0.1, -0.05) is 6.92 Å². The summed E-state index contributed by atoms with van der Waals surface area (Å²) in [6, 6.07) is -0.231. The van der Waals surface area contributed by atoms with Gasteiger partial charge < -0.3 is 20.2 Å². The molecular weight excluding hydrogens is 258 g/mol. The predicted octanol–water partition coefficient (Wildman–Crippen LogP) is 1.12. The van der Waals surface area contributed by atoms with E-state index in [1.165, 1.54) is 17.7 Å². The molecule has 1 unspecified atom stereocenters. The third-order valence-corrected chi connectivity index (χ3v) is 4.62. The Morgan fingerprint density at radius 2 is 1.90 bits per heavy atom. The molecule has 1 atom stereocenters. The van der Waals surface area contributed by atoms with Gasteiger partial charge in [-0.05, 0) is 45.2 Å². The Kier molecular flexibility index (Phi) is 4.86. The lowest BCUT2D eigenvalue weighted by Gasteiger charge is -2.34. The molecule has 2 N–H and O–H groups in total. The molecule has 2 aliphatic heterocycles. The van der Waals surface area contributed by atoms with Gasteiger partial charge in [-0.25, -0.2) is 9.59 Å². The summed E-state index contributed by atoms with van der Waals surface area (Å²) >= 11 is 0. The van der Waals surface area contributed by atoms with E-state index in [2.05, 4.69) is 10.2 Å². The first-order valence-electron chi connectivity index (χ1n) is 7.61. The summed E-state index contributed by atoms with van der Waals surface area (Å²) in [4.78, 5) is 27.6.